The van der Waals surface area contributed by atoms with E-state index in [-0.39, 0.29) is 11.5 Å². The maximum absolute atomic E-state index is 12.5. The molecule has 8 heteroatoms. The number of carbonyl (C=O) groups excluding carboxylic acids is 1. The molecule has 126 valence electrons. The third kappa shape index (κ3) is 4.11. The van der Waals surface area contributed by atoms with Crippen LogP contribution in [-0.4, -0.2) is 44.6 Å². The average Bonchev–Trinajstić information content (AvgIpc) is 2.84. The Morgan fingerprint density at radius 3 is 2.61 bits per heavy atom. The summed E-state index contributed by atoms with van der Waals surface area (Å²) in [6, 6.07) is 3.85. The fourth-order valence-corrected chi connectivity index (χ4v) is 4.01. The lowest BCUT2D eigenvalue weighted by atomic mass is 10.1. The Balaban J connectivity index is 2.39. The van der Waals surface area contributed by atoms with Crippen molar-refractivity contribution in [2.24, 2.45) is 0 Å². The predicted octanol–water partition coefficient (Wildman–Crippen LogP) is 3.59. The summed E-state index contributed by atoms with van der Waals surface area (Å²) in [5.41, 5.74) is -0.268. The topological polar surface area (TPSA) is 87.1 Å². The molecule has 1 heterocycles. The summed E-state index contributed by atoms with van der Waals surface area (Å²) >= 11 is 4.60. The third-order valence-corrected chi connectivity index (χ3v) is 4.94. The fraction of sp³-hybridized carbons (Fsp3) is 0.467. The zero-order valence-corrected chi connectivity index (χ0v) is 15.3. The highest BCUT2D eigenvalue weighted by atomic mass is 79.9. The first-order chi connectivity index (χ1) is 10.6. The summed E-state index contributed by atoms with van der Waals surface area (Å²) in [4.78, 5) is 25.1. The van der Waals surface area contributed by atoms with Crippen LogP contribution in [0.15, 0.2) is 22.7 Å². The number of phenols is 1. The van der Waals surface area contributed by atoms with Crippen LogP contribution in [0.3, 0.4) is 0 Å². The van der Waals surface area contributed by atoms with Crippen molar-refractivity contribution < 1.29 is 24.5 Å². The molecule has 6 nitrogen and oxygen atoms in total. The van der Waals surface area contributed by atoms with Gasteiger partial charge in [-0.15, -0.1) is 11.8 Å². The maximum Gasteiger partial charge on any atom is 0.412 e. The number of rotatable bonds is 2. The van der Waals surface area contributed by atoms with E-state index in [2.05, 4.69) is 15.9 Å². The van der Waals surface area contributed by atoms with Crippen LogP contribution in [0.5, 0.6) is 5.75 Å². The molecule has 2 N–H and O–H groups in total. The number of halogens is 1. The van der Waals surface area contributed by atoms with Crippen molar-refractivity contribution in [2.45, 2.75) is 37.8 Å². The van der Waals surface area contributed by atoms with Gasteiger partial charge in [0.05, 0.1) is 0 Å². The number of carboxylic acid groups (broad SMARTS) is 1. The van der Waals surface area contributed by atoms with Gasteiger partial charge in [0, 0.05) is 15.8 Å². The zero-order chi connectivity index (χ0) is 17.4. The smallest absolute Gasteiger partial charge is 0.412 e. The van der Waals surface area contributed by atoms with E-state index < -0.39 is 29.1 Å². The average molecular weight is 404 g/mol. The standard InChI is InChI=1S/C15H18BrNO5S/c1-15(2,3)22-14(21)17-10(13(19)20)7-23-12(17)9-6-8(16)4-5-11(9)18/h4-6,10,12,18H,7H2,1-3H3,(H,19,20)/t10-,12?/m0/s1. The van der Waals surface area contributed by atoms with Crippen molar-refractivity contribution in [1.82, 2.24) is 4.90 Å². The molecule has 1 aromatic carbocycles. The largest absolute Gasteiger partial charge is 0.508 e. The first-order valence-electron chi connectivity index (χ1n) is 6.94. The summed E-state index contributed by atoms with van der Waals surface area (Å²) in [7, 11) is 0. The van der Waals surface area contributed by atoms with Crippen LogP contribution in [0.1, 0.15) is 31.7 Å². The number of hydrogen-bond acceptors (Lipinski definition) is 5. The van der Waals surface area contributed by atoms with Crippen molar-refractivity contribution in [3.63, 3.8) is 0 Å². The molecule has 1 saturated heterocycles. The number of thioether (sulfide) groups is 1. The molecular weight excluding hydrogens is 386 g/mol. The number of hydrogen-bond donors (Lipinski definition) is 2. The van der Waals surface area contributed by atoms with Crippen molar-refractivity contribution in [1.29, 1.82) is 0 Å². The second-order valence-electron chi connectivity index (χ2n) is 6.13. The number of aromatic hydroxyl groups is 1. The monoisotopic (exact) mass is 403 g/mol. The van der Waals surface area contributed by atoms with Crippen molar-refractivity contribution in [2.75, 3.05) is 5.75 Å². The van der Waals surface area contributed by atoms with Gasteiger partial charge in [0.25, 0.3) is 0 Å². The molecule has 1 aliphatic heterocycles. The van der Waals surface area contributed by atoms with Crippen LogP contribution < -0.4 is 0 Å². The highest BCUT2D eigenvalue weighted by Gasteiger charge is 2.45. The summed E-state index contributed by atoms with van der Waals surface area (Å²) in [5.74, 6) is -0.865. The van der Waals surface area contributed by atoms with E-state index in [0.717, 1.165) is 4.47 Å². The second kappa shape index (κ2) is 6.60. The summed E-state index contributed by atoms with van der Waals surface area (Å²) < 4.78 is 6.07. The first-order valence-corrected chi connectivity index (χ1v) is 8.78. The van der Waals surface area contributed by atoms with Crippen LogP contribution in [0.2, 0.25) is 0 Å². The molecule has 0 aromatic heterocycles. The van der Waals surface area contributed by atoms with Gasteiger partial charge >= 0.3 is 12.1 Å². The molecule has 1 fully saturated rings. The molecule has 2 atom stereocenters. The number of phenolic OH excluding ortho intramolecular Hbond substituents is 1. The van der Waals surface area contributed by atoms with Crippen molar-refractivity contribution in [3.8, 4) is 5.75 Å². The molecule has 1 aromatic rings. The maximum atomic E-state index is 12.5. The zero-order valence-electron chi connectivity index (χ0n) is 12.9. The molecular formula is C15H18BrNO5S. The van der Waals surface area contributed by atoms with E-state index in [1.165, 1.54) is 22.7 Å². The number of benzene rings is 1. The molecule has 0 bridgehead atoms. The predicted molar refractivity (Wildman–Crippen MR) is 90.5 cm³/mol. The van der Waals surface area contributed by atoms with E-state index in [9.17, 15) is 19.8 Å². The Kier molecular flexibility index (Phi) is 5.15. The molecule has 0 saturated carbocycles. The van der Waals surface area contributed by atoms with Crippen LogP contribution in [0, 0.1) is 0 Å². The molecule has 1 aliphatic rings. The number of carbonyl (C=O) groups is 2. The Labute approximate surface area is 146 Å². The fourth-order valence-electron chi connectivity index (χ4n) is 2.20. The highest BCUT2D eigenvalue weighted by Crippen LogP contribution is 2.45. The number of aliphatic carboxylic acids is 1. The number of nitrogens with zero attached hydrogens (tertiary/aromatic N) is 1. The van der Waals surface area contributed by atoms with Crippen LogP contribution in [0.4, 0.5) is 4.79 Å². The van der Waals surface area contributed by atoms with Crippen molar-refractivity contribution in [3.05, 3.63) is 28.2 Å². The Morgan fingerprint density at radius 1 is 1.39 bits per heavy atom. The first kappa shape index (κ1) is 17.9. The normalized spacial score (nSPS) is 21.3. The summed E-state index contributed by atoms with van der Waals surface area (Å²) in [5, 5.41) is 18.9. The Morgan fingerprint density at radius 2 is 2.04 bits per heavy atom. The van der Waals surface area contributed by atoms with Crippen LogP contribution in [-0.2, 0) is 9.53 Å². The lowest BCUT2D eigenvalue weighted by molar-refractivity contribution is -0.142. The van der Waals surface area contributed by atoms with Gasteiger partial charge in [-0.05, 0) is 39.0 Å². The minimum atomic E-state index is -1.10. The minimum absolute atomic E-state index is 0.00491. The third-order valence-electron chi connectivity index (χ3n) is 3.15. The number of amides is 1. The minimum Gasteiger partial charge on any atom is -0.508 e. The molecule has 0 spiro atoms. The van der Waals surface area contributed by atoms with Gasteiger partial charge in [-0.2, -0.15) is 0 Å². The van der Waals surface area contributed by atoms with E-state index in [4.69, 9.17) is 4.74 Å². The quantitative estimate of drug-likeness (QED) is 0.784. The van der Waals surface area contributed by atoms with Gasteiger partial charge in [-0.25, -0.2) is 9.59 Å². The van der Waals surface area contributed by atoms with Gasteiger partial charge in [0.1, 0.15) is 22.8 Å². The van der Waals surface area contributed by atoms with Gasteiger partial charge in [0.15, 0.2) is 0 Å². The van der Waals surface area contributed by atoms with E-state index in [0.29, 0.717) is 5.56 Å². The molecule has 1 unspecified atom stereocenters. The number of ether oxygens (including phenoxy) is 1. The summed E-state index contributed by atoms with van der Waals surface area (Å²) in [6.45, 7) is 5.15. The molecule has 0 radical (unpaired) electrons. The highest BCUT2D eigenvalue weighted by molar-refractivity contribution is 9.10. The van der Waals surface area contributed by atoms with E-state index in [1.807, 2.05) is 0 Å². The van der Waals surface area contributed by atoms with Crippen molar-refractivity contribution >= 4 is 39.8 Å². The number of carboxylic acids is 1. The molecule has 2 rings (SSSR count). The second-order valence-corrected chi connectivity index (χ2v) is 8.16. The van der Waals surface area contributed by atoms with E-state index in [1.54, 1.807) is 32.9 Å². The van der Waals surface area contributed by atoms with Gasteiger partial charge < -0.3 is 14.9 Å². The summed E-state index contributed by atoms with van der Waals surface area (Å²) in [6.07, 6.45) is -0.709. The van der Waals surface area contributed by atoms with Gasteiger partial charge in [-0.1, -0.05) is 15.9 Å². The lowest BCUT2D eigenvalue weighted by Gasteiger charge is -2.30. The van der Waals surface area contributed by atoms with Crippen LogP contribution >= 0.6 is 27.7 Å². The molecule has 23 heavy (non-hydrogen) atoms. The lowest BCUT2D eigenvalue weighted by Crippen LogP contribution is -2.45. The molecule has 1 amide bonds. The molecule has 0 aliphatic carbocycles. The SMILES string of the molecule is CC(C)(C)OC(=O)N1C(c2cc(Br)ccc2O)SC[C@H]1C(=O)O. The Hall–Kier alpha value is -1.41. The van der Waals surface area contributed by atoms with Gasteiger partial charge in [-0.3, -0.25) is 4.90 Å². The van der Waals surface area contributed by atoms with Crippen LogP contribution in [0.25, 0.3) is 0 Å². The van der Waals surface area contributed by atoms with Gasteiger partial charge in [0.2, 0.25) is 0 Å². The van der Waals surface area contributed by atoms with E-state index >= 15 is 0 Å². The Bertz CT molecular complexity index is 631.